The Morgan fingerprint density at radius 2 is 2.18 bits per heavy atom. The predicted molar refractivity (Wildman–Crippen MR) is 69.0 cm³/mol. The van der Waals surface area contributed by atoms with Crippen molar-refractivity contribution in [3.63, 3.8) is 0 Å². The summed E-state index contributed by atoms with van der Waals surface area (Å²) in [4.78, 5) is 0. The van der Waals surface area contributed by atoms with Gasteiger partial charge < -0.3 is 5.73 Å². The summed E-state index contributed by atoms with van der Waals surface area (Å²) in [5, 5.41) is 4.42. The Kier molecular flexibility index (Phi) is 2.21. The van der Waals surface area contributed by atoms with Crippen molar-refractivity contribution in [1.82, 2.24) is 9.78 Å². The lowest BCUT2D eigenvalue weighted by molar-refractivity contribution is 0.527. The number of nitrogens with zero attached hydrogens (tertiary/aromatic N) is 2. The molecule has 0 saturated carbocycles. The van der Waals surface area contributed by atoms with Gasteiger partial charge in [0, 0.05) is 5.56 Å². The first-order chi connectivity index (χ1) is 8.16. The third-order valence-electron chi connectivity index (χ3n) is 3.67. The van der Waals surface area contributed by atoms with Crippen LogP contribution in [0.15, 0.2) is 24.4 Å². The summed E-state index contributed by atoms with van der Waals surface area (Å²) < 4.78 is 1.97. The van der Waals surface area contributed by atoms with Gasteiger partial charge in [-0.3, -0.25) is 0 Å². The molecule has 3 nitrogen and oxygen atoms in total. The Balaban J connectivity index is 2.09. The van der Waals surface area contributed by atoms with E-state index >= 15 is 0 Å². The molecule has 2 N–H and O–H groups in total. The van der Waals surface area contributed by atoms with E-state index in [4.69, 9.17) is 5.73 Å². The topological polar surface area (TPSA) is 43.8 Å². The minimum Gasteiger partial charge on any atom is -0.384 e. The van der Waals surface area contributed by atoms with Gasteiger partial charge in [0.2, 0.25) is 0 Å². The average Bonchev–Trinajstić information content (AvgIpc) is 2.84. The molecule has 0 radical (unpaired) electrons. The molecular formula is C14H17N3. The normalized spacial score (nSPS) is 18.4. The summed E-state index contributed by atoms with van der Waals surface area (Å²) in [5.41, 5.74) is 11.3. The van der Waals surface area contributed by atoms with Gasteiger partial charge in [-0.2, -0.15) is 5.10 Å². The van der Waals surface area contributed by atoms with E-state index < -0.39 is 0 Å². The van der Waals surface area contributed by atoms with Gasteiger partial charge >= 0.3 is 0 Å². The molecule has 0 fully saturated rings. The van der Waals surface area contributed by atoms with Crippen molar-refractivity contribution in [3.8, 4) is 0 Å². The number of fused-ring (bicyclic) bond motifs is 1. The Labute approximate surface area is 101 Å². The number of rotatable bonds is 1. The van der Waals surface area contributed by atoms with Crippen molar-refractivity contribution < 1.29 is 0 Å². The van der Waals surface area contributed by atoms with Gasteiger partial charge in [0.15, 0.2) is 0 Å². The molecule has 3 rings (SSSR count). The molecule has 1 aliphatic rings. The Morgan fingerprint density at radius 1 is 1.35 bits per heavy atom. The zero-order valence-electron chi connectivity index (χ0n) is 10.3. The van der Waals surface area contributed by atoms with E-state index in [-0.39, 0.29) is 0 Å². The number of aromatic nitrogens is 2. The number of hydrogen-bond donors (Lipinski definition) is 1. The van der Waals surface area contributed by atoms with Gasteiger partial charge in [-0.25, -0.2) is 4.68 Å². The standard InChI is InChI=1S/C14H17N3/c1-9-3-4-11-5-6-13(12(11)7-9)17-14(15)10(2)8-16-17/h3-4,7-8,13H,5-6,15H2,1-2H3. The van der Waals surface area contributed by atoms with Crippen LogP contribution >= 0.6 is 0 Å². The molecule has 1 unspecified atom stereocenters. The molecular weight excluding hydrogens is 210 g/mol. The van der Waals surface area contributed by atoms with Crippen LogP contribution < -0.4 is 5.73 Å². The molecule has 1 aliphatic carbocycles. The fraction of sp³-hybridized carbons (Fsp3) is 0.357. The zero-order chi connectivity index (χ0) is 12.0. The lowest BCUT2D eigenvalue weighted by atomic mass is 10.1. The van der Waals surface area contributed by atoms with E-state index in [9.17, 15) is 0 Å². The monoisotopic (exact) mass is 227 g/mol. The minimum absolute atomic E-state index is 0.318. The molecule has 1 aromatic heterocycles. The molecule has 88 valence electrons. The smallest absolute Gasteiger partial charge is 0.125 e. The zero-order valence-corrected chi connectivity index (χ0v) is 10.3. The summed E-state index contributed by atoms with van der Waals surface area (Å²) in [5.74, 6) is 0.796. The highest BCUT2D eigenvalue weighted by Gasteiger charge is 2.26. The number of benzene rings is 1. The molecule has 0 spiro atoms. The van der Waals surface area contributed by atoms with Crippen LogP contribution in [0.1, 0.15) is 34.7 Å². The Hall–Kier alpha value is -1.77. The van der Waals surface area contributed by atoms with E-state index in [1.165, 1.54) is 16.7 Å². The number of anilines is 1. The average molecular weight is 227 g/mol. The number of nitrogens with two attached hydrogens (primary N) is 1. The minimum atomic E-state index is 0.318. The van der Waals surface area contributed by atoms with Gasteiger partial charge in [-0.05, 0) is 37.8 Å². The maximum Gasteiger partial charge on any atom is 0.125 e. The SMILES string of the molecule is Cc1ccc2c(c1)C(n1ncc(C)c1N)CC2. The molecule has 0 bridgehead atoms. The lowest BCUT2D eigenvalue weighted by Gasteiger charge is -2.14. The molecule has 1 aromatic carbocycles. The highest BCUT2D eigenvalue weighted by atomic mass is 15.3. The fourth-order valence-corrected chi connectivity index (χ4v) is 2.66. The highest BCUT2D eigenvalue weighted by Crippen LogP contribution is 2.36. The summed E-state index contributed by atoms with van der Waals surface area (Å²) in [6.07, 6.45) is 4.08. The van der Waals surface area contributed by atoms with Gasteiger partial charge in [-0.1, -0.05) is 23.8 Å². The molecule has 17 heavy (non-hydrogen) atoms. The lowest BCUT2D eigenvalue weighted by Crippen LogP contribution is -2.12. The van der Waals surface area contributed by atoms with Gasteiger partial charge in [0.05, 0.1) is 12.2 Å². The Morgan fingerprint density at radius 3 is 2.88 bits per heavy atom. The van der Waals surface area contributed by atoms with Crippen molar-refractivity contribution in [2.75, 3.05) is 5.73 Å². The van der Waals surface area contributed by atoms with Crippen LogP contribution in [-0.4, -0.2) is 9.78 Å². The summed E-state index contributed by atoms with van der Waals surface area (Å²) in [6.45, 7) is 4.14. The van der Waals surface area contributed by atoms with E-state index in [1.807, 2.05) is 17.8 Å². The van der Waals surface area contributed by atoms with E-state index in [1.54, 1.807) is 0 Å². The molecule has 3 heteroatoms. The summed E-state index contributed by atoms with van der Waals surface area (Å²) in [6, 6.07) is 7.00. The van der Waals surface area contributed by atoms with Crippen LogP contribution in [0.3, 0.4) is 0 Å². The second kappa shape index (κ2) is 3.62. The molecule has 1 heterocycles. The molecule has 1 atom stereocenters. The van der Waals surface area contributed by atoms with Crippen molar-refractivity contribution >= 4 is 5.82 Å². The third-order valence-corrected chi connectivity index (χ3v) is 3.67. The number of hydrogen-bond acceptors (Lipinski definition) is 2. The maximum atomic E-state index is 6.08. The molecule has 0 aliphatic heterocycles. The Bertz CT molecular complexity index is 569. The first kappa shape index (κ1) is 10.4. The second-order valence-electron chi connectivity index (χ2n) is 4.91. The van der Waals surface area contributed by atoms with Crippen LogP contribution in [-0.2, 0) is 6.42 Å². The van der Waals surface area contributed by atoms with Crippen molar-refractivity contribution in [3.05, 3.63) is 46.6 Å². The molecule has 0 amide bonds. The predicted octanol–water partition coefficient (Wildman–Crippen LogP) is 2.62. The van der Waals surface area contributed by atoms with E-state index in [0.717, 1.165) is 24.2 Å². The van der Waals surface area contributed by atoms with Crippen LogP contribution in [0.5, 0.6) is 0 Å². The van der Waals surface area contributed by atoms with Gasteiger partial charge in [0.1, 0.15) is 5.82 Å². The molecule has 0 saturated heterocycles. The fourth-order valence-electron chi connectivity index (χ4n) is 2.66. The number of nitrogen functional groups attached to an aromatic ring is 1. The van der Waals surface area contributed by atoms with Crippen LogP contribution in [0.2, 0.25) is 0 Å². The summed E-state index contributed by atoms with van der Waals surface area (Å²) >= 11 is 0. The van der Waals surface area contributed by atoms with Crippen molar-refractivity contribution in [2.45, 2.75) is 32.7 Å². The maximum absolute atomic E-state index is 6.08. The summed E-state index contributed by atoms with van der Waals surface area (Å²) in [7, 11) is 0. The molecule has 2 aromatic rings. The van der Waals surface area contributed by atoms with Gasteiger partial charge in [-0.15, -0.1) is 0 Å². The van der Waals surface area contributed by atoms with Crippen molar-refractivity contribution in [1.29, 1.82) is 0 Å². The first-order valence-corrected chi connectivity index (χ1v) is 6.06. The van der Waals surface area contributed by atoms with Crippen LogP contribution in [0, 0.1) is 13.8 Å². The van der Waals surface area contributed by atoms with Crippen LogP contribution in [0.4, 0.5) is 5.82 Å². The largest absolute Gasteiger partial charge is 0.384 e. The highest BCUT2D eigenvalue weighted by molar-refractivity contribution is 5.43. The first-order valence-electron chi connectivity index (χ1n) is 6.06. The quantitative estimate of drug-likeness (QED) is 0.813. The van der Waals surface area contributed by atoms with E-state index in [2.05, 4.69) is 30.2 Å². The number of aryl methyl sites for hydroxylation is 3. The third kappa shape index (κ3) is 1.54. The van der Waals surface area contributed by atoms with E-state index in [0.29, 0.717) is 6.04 Å². The second-order valence-corrected chi connectivity index (χ2v) is 4.91. The van der Waals surface area contributed by atoms with Gasteiger partial charge in [0.25, 0.3) is 0 Å². The van der Waals surface area contributed by atoms with Crippen LogP contribution in [0.25, 0.3) is 0 Å². The van der Waals surface area contributed by atoms with Crippen molar-refractivity contribution in [2.24, 2.45) is 0 Å².